The van der Waals surface area contributed by atoms with Crippen LogP contribution in [-0.4, -0.2) is 71.0 Å². The maximum Gasteiger partial charge on any atom is 0.264 e. The molecular weight excluding hydrogens is 428 g/mol. The smallest absolute Gasteiger partial charge is 0.264 e. The van der Waals surface area contributed by atoms with Gasteiger partial charge in [-0.2, -0.15) is 0 Å². The van der Waals surface area contributed by atoms with Gasteiger partial charge in [0.1, 0.15) is 5.75 Å². The number of morpholine rings is 1. The fourth-order valence-electron chi connectivity index (χ4n) is 3.33. The summed E-state index contributed by atoms with van der Waals surface area (Å²) in [5.41, 5.74) is 1.37. The number of sulfonamides is 1. The molecule has 1 unspecified atom stereocenters. The quantitative estimate of drug-likeness (QED) is 0.656. The van der Waals surface area contributed by atoms with Gasteiger partial charge in [-0.15, -0.1) is 12.4 Å². The molecule has 2 aromatic rings. The van der Waals surface area contributed by atoms with E-state index in [2.05, 4.69) is 4.90 Å². The first-order chi connectivity index (χ1) is 13.9. The molecule has 2 aromatic carbocycles. The zero-order valence-electron chi connectivity index (χ0n) is 17.2. The highest BCUT2D eigenvalue weighted by Crippen LogP contribution is 2.32. The number of hydrogen-bond donors (Lipinski definition) is 1. The van der Waals surface area contributed by atoms with Gasteiger partial charge >= 0.3 is 0 Å². The van der Waals surface area contributed by atoms with Crippen molar-refractivity contribution in [1.29, 1.82) is 0 Å². The Kier molecular flexibility index (Phi) is 8.93. The zero-order chi connectivity index (χ0) is 20.9. The van der Waals surface area contributed by atoms with Crippen molar-refractivity contribution < 1.29 is 23.0 Å². The Labute approximate surface area is 184 Å². The van der Waals surface area contributed by atoms with E-state index in [4.69, 9.17) is 9.47 Å². The summed E-state index contributed by atoms with van der Waals surface area (Å²) in [7, 11) is -2.39. The molecule has 1 aliphatic rings. The molecule has 1 saturated heterocycles. The molecule has 9 heteroatoms. The number of aliphatic hydroxyl groups is 1. The molecule has 3 rings (SSSR count). The molecule has 0 amide bonds. The van der Waals surface area contributed by atoms with E-state index in [1.807, 2.05) is 6.92 Å². The van der Waals surface area contributed by atoms with Crippen LogP contribution < -0.4 is 9.04 Å². The number of benzene rings is 2. The average Bonchev–Trinajstić information content (AvgIpc) is 2.73. The van der Waals surface area contributed by atoms with Crippen molar-refractivity contribution in [2.75, 3.05) is 50.8 Å². The Hall–Kier alpha value is -1.84. The molecule has 30 heavy (non-hydrogen) atoms. The third-order valence-corrected chi connectivity index (χ3v) is 6.71. The van der Waals surface area contributed by atoms with E-state index >= 15 is 0 Å². The number of halogens is 1. The molecule has 0 saturated carbocycles. The van der Waals surface area contributed by atoms with Gasteiger partial charge in [0.15, 0.2) is 0 Å². The molecule has 1 aliphatic heterocycles. The normalized spacial score (nSPS) is 15.8. The SMILES string of the molecule is COc1ccccc1N(CC(O)CN1CCOCC1)S(=O)(=O)c1ccc(C)cc1.Cl. The van der Waals surface area contributed by atoms with Gasteiger partial charge in [-0.3, -0.25) is 9.21 Å². The molecule has 1 atom stereocenters. The number of hydrogen-bond acceptors (Lipinski definition) is 6. The van der Waals surface area contributed by atoms with Gasteiger partial charge < -0.3 is 14.6 Å². The highest BCUT2D eigenvalue weighted by molar-refractivity contribution is 7.92. The minimum Gasteiger partial charge on any atom is -0.495 e. The summed E-state index contributed by atoms with van der Waals surface area (Å²) in [5.74, 6) is 0.432. The van der Waals surface area contributed by atoms with Gasteiger partial charge in [-0.1, -0.05) is 29.8 Å². The van der Waals surface area contributed by atoms with Gasteiger partial charge in [0.05, 0.1) is 43.6 Å². The van der Waals surface area contributed by atoms with Crippen LogP contribution in [0.3, 0.4) is 0 Å². The molecule has 1 fully saturated rings. The van der Waals surface area contributed by atoms with E-state index in [0.29, 0.717) is 31.2 Å². The number of nitrogens with zero attached hydrogens (tertiary/aromatic N) is 2. The van der Waals surface area contributed by atoms with Gasteiger partial charge in [0, 0.05) is 19.6 Å². The van der Waals surface area contributed by atoms with Crippen LogP contribution in [0.2, 0.25) is 0 Å². The maximum atomic E-state index is 13.5. The Balaban J connectivity index is 0.00000320. The monoisotopic (exact) mass is 456 g/mol. The van der Waals surface area contributed by atoms with Crippen molar-refractivity contribution in [3.8, 4) is 5.75 Å². The van der Waals surface area contributed by atoms with Crippen LogP contribution in [0.25, 0.3) is 0 Å². The highest BCUT2D eigenvalue weighted by atomic mass is 35.5. The van der Waals surface area contributed by atoms with E-state index < -0.39 is 16.1 Å². The lowest BCUT2D eigenvalue weighted by Gasteiger charge is -2.32. The van der Waals surface area contributed by atoms with Crippen LogP contribution in [0.15, 0.2) is 53.4 Å². The standard InChI is InChI=1S/C21H28N2O5S.ClH/c1-17-7-9-19(10-8-17)29(25,26)23(20-5-3-4-6-21(20)27-2)16-18(24)15-22-11-13-28-14-12-22;/h3-10,18,24H,11-16H2,1-2H3;1H. The van der Waals surface area contributed by atoms with Crippen LogP contribution in [-0.2, 0) is 14.8 Å². The number of β-amino-alcohol motifs (C(OH)–C–C–N with tert-alkyl or cyclic N) is 1. The van der Waals surface area contributed by atoms with Crippen molar-refractivity contribution in [2.24, 2.45) is 0 Å². The van der Waals surface area contributed by atoms with Crippen molar-refractivity contribution in [2.45, 2.75) is 17.9 Å². The predicted octanol–water partition coefficient (Wildman–Crippen LogP) is 2.31. The van der Waals surface area contributed by atoms with Crippen LogP contribution in [0.4, 0.5) is 5.69 Å². The fraction of sp³-hybridized carbons (Fsp3) is 0.429. The number of rotatable bonds is 8. The number of anilines is 1. The minimum atomic E-state index is -3.89. The van der Waals surface area contributed by atoms with Gasteiger partial charge in [0.25, 0.3) is 10.0 Å². The Morgan fingerprint density at radius 1 is 1.13 bits per heavy atom. The molecule has 166 valence electrons. The Morgan fingerprint density at radius 2 is 1.77 bits per heavy atom. The van der Waals surface area contributed by atoms with E-state index in [-0.39, 0.29) is 23.8 Å². The molecule has 0 aliphatic carbocycles. The van der Waals surface area contributed by atoms with Crippen LogP contribution in [0, 0.1) is 6.92 Å². The van der Waals surface area contributed by atoms with Crippen molar-refractivity contribution in [3.05, 3.63) is 54.1 Å². The average molecular weight is 457 g/mol. The predicted molar refractivity (Wildman–Crippen MR) is 119 cm³/mol. The Morgan fingerprint density at radius 3 is 2.40 bits per heavy atom. The summed E-state index contributed by atoms with van der Waals surface area (Å²) in [5, 5.41) is 10.7. The highest BCUT2D eigenvalue weighted by Gasteiger charge is 2.30. The van der Waals surface area contributed by atoms with E-state index in [1.54, 1.807) is 48.5 Å². The summed E-state index contributed by atoms with van der Waals surface area (Å²) >= 11 is 0. The molecule has 7 nitrogen and oxygen atoms in total. The second kappa shape index (κ2) is 11.0. The third-order valence-electron chi connectivity index (χ3n) is 4.91. The summed E-state index contributed by atoms with van der Waals surface area (Å²) in [6, 6.07) is 13.6. The largest absolute Gasteiger partial charge is 0.495 e. The van der Waals surface area contributed by atoms with Crippen molar-refractivity contribution in [1.82, 2.24) is 4.90 Å². The van der Waals surface area contributed by atoms with Crippen molar-refractivity contribution >= 4 is 28.1 Å². The lowest BCUT2D eigenvalue weighted by atomic mass is 10.2. The first-order valence-electron chi connectivity index (χ1n) is 9.62. The Bertz CT molecular complexity index is 902. The lowest BCUT2D eigenvalue weighted by Crippen LogP contribution is -2.46. The van der Waals surface area contributed by atoms with Crippen LogP contribution in [0.5, 0.6) is 5.75 Å². The van der Waals surface area contributed by atoms with E-state index in [9.17, 15) is 13.5 Å². The summed E-state index contributed by atoms with van der Waals surface area (Å²) in [6.45, 7) is 4.87. The first-order valence-corrected chi connectivity index (χ1v) is 11.1. The van der Waals surface area contributed by atoms with Crippen LogP contribution >= 0.6 is 12.4 Å². The van der Waals surface area contributed by atoms with Gasteiger partial charge in [0.2, 0.25) is 0 Å². The summed E-state index contributed by atoms with van der Waals surface area (Å²) < 4.78 is 38.9. The van der Waals surface area contributed by atoms with Gasteiger partial charge in [-0.25, -0.2) is 8.42 Å². The topological polar surface area (TPSA) is 79.3 Å². The molecule has 0 aromatic heterocycles. The molecule has 0 bridgehead atoms. The fourth-order valence-corrected chi connectivity index (χ4v) is 4.84. The first kappa shape index (κ1) is 24.4. The van der Waals surface area contributed by atoms with E-state index in [0.717, 1.165) is 18.7 Å². The number of aryl methyl sites for hydroxylation is 1. The number of methoxy groups -OCH3 is 1. The minimum absolute atomic E-state index is 0. The number of para-hydroxylation sites is 2. The molecule has 1 N–H and O–H groups in total. The van der Waals surface area contributed by atoms with Gasteiger partial charge in [-0.05, 0) is 31.2 Å². The molecule has 1 heterocycles. The summed E-state index contributed by atoms with van der Waals surface area (Å²) in [4.78, 5) is 2.25. The van der Waals surface area contributed by atoms with Crippen LogP contribution in [0.1, 0.15) is 5.56 Å². The number of aliphatic hydroxyl groups excluding tert-OH is 1. The van der Waals surface area contributed by atoms with Crippen molar-refractivity contribution in [3.63, 3.8) is 0 Å². The summed E-state index contributed by atoms with van der Waals surface area (Å²) in [6.07, 6.45) is -0.863. The molecule has 0 radical (unpaired) electrons. The zero-order valence-corrected chi connectivity index (χ0v) is 18.9. The lowest BCUT2D eigenvalue weighted by molar-refractivity contribution is 0.0166. The van der Waals surface area contributed by atoms with E-state index in [1.165, 1.54) is 11.4 Å². The second-order valence-electron chi connectivity index (χ2n) is 7.09. The maximum absolute atomic E-state index is 13.5. The number of ether oxygens (including phenoxy) is 2. The second-order valence-corrected chi connectivity index (χ2v) is 8.95. The third kappa shape index (κ3) is 5.86. The molecule has 0 spiro atoms. The molecular formula is C21H29ClN2O5S.